The Morgan fingerprint density at radius 2 is 1.67 bits per heavy atom. The molecule has 4 rings (SSSR count). The molecule has 0 amide bonds. The minimum absolute atomic E-state index is 0.152. The Bertz CT molecular complexity index is 678. The average molecular weight is 283 g/mol. The van der Waals surface area contributed by atoms with Gasteiger partial charge in [-0.2, -0.15) is 0 Å². The van der Waals surface area contributed by atoms with Crippen LogP contribution in [0.3, 0.4) is 0 Å². The average Bonchev–Trinajstić information content (AvgIpc) is 3.07. The van der Waals surface area contributed by atoms with E-state index in [4.69, 9.17) is 0 Å². The molecular weight excluding hydrogens is 261 g/mol. The van der Waals surface area contributed by atoms with Crippen LogP contribution < -0.4 is 0 Å². The van der Waals surface area contributed by atoms with Gasteiger partial charge in [0.2, 0.25) is 0 Å². The van der Waals surface area contributed by atoms with Crippen LogP contribution in [0, 0.1) is 17.7 Å². The topological polar surface area (TPSA) is 3.24 Å². The van der Waals surface area contributed by atoms with Crippen LogP contribution in [0.2, 0.25) is 0 Å². The van der Waals surface area contributed by atoms with Crippen molar-refractivity contribution in [1.29, 1.82) is 0 Å². The lowest BCUT2D eigenvalue weighted by Gasteiger charge is -2.36. The lowest BCUT2D eigenvalue weighted by molar-refractivity contribution is 0.185. The van der Waals surface area contributed by atoms with Gasteiger partial charge in [0.05, 0.1) is 0 Å². The van der Waals surface area contributed by atoms with E-state index in [2.05, 4.69) is 37.2 Å². The van der Waals surface area contributed by atoms with Gasteiger partial charge in [0, 0.05) is 12.0 Å². The lowest BCUT2D eigenvalue weighted by Crippen LogP contribution is -2.38. The standard InChI is InChI=1S/C19H22FN/c1-21(2)19-16-6-5-15(10-16)18(19)14-4-3-13-11-17(20)8-7-12(13)9-14/h3-4,7-9,11,15-16,18-19H,5-6,10H2,1-2H3. The fourth-order valence-corrected chi connectivity index (χ4v) is 4.92. The van der Waals surface area contributed by atoms with E-state index in [0.717, 1.165) is 22.6 Å². The Labute approximate surface area is 125 Å². The fraction of sp³-hybridized carbons (Fsp3) is 0.474. The highest BCUT2D eigenvalue weighted by Gasteiger charge is 2.48. The van der Waals surface area contributed by atoms with E-state index >= 15 is 0 Å². The Balaban J connectivity index is 1.77. The molecule has 2 aromatic rings. The number of likely N-dealkylation sites (N-methyl/N-ethyl adjacent to an activating group) is 1. The van der Waals surface area contributed by atoms with Crippen molar-refractivity contribution in [2.75, 3.05) is 14.1 Å². The van der Waals surface area contributed by atoms with Crippen LogP contribution >= 0.6 is 0 Å². The van der Waals surface area contributed by atoms with E-state index in [9.17, 15) is 4.39 Å². The van der Waals surface area contributed by atoms with Gasteiger partial charge in [0.15, 0.2) is 0 Å². The molecule has 0 radical (unpaired) electrons. The third-order valence-corrected chi connectivity index (χ3v) is 5.68. The SMILES string of the molecule is CN(C)C1C2CCC(C2)C1c1ccc2cc(F)ccc2c1. The fourth-order valence-electron chi connectivity index (χ4n) is 4.92. The third-order valence-electron chi connectivity index (χ3n) is 5.68. The molecule has 2 aromatic carbocycles. The van der Waals surface area contributed by atoms with Gasteiger partial charge in [-0.1, -0.05) is 24.3 Å². The first-order valence-electron chi connectivity index (χ1n) is 7.99. The maximum absolute atomic E-state index is 13.3. The van der Waals surface area contributed by atoms with Crippen molar-refractivity contribution in [3.8, 4) is 0 Å². The molecule has 0 heterocycles. The van der Waals surface area contributed by atoms with Crippen LogP contribution in [0.1, 0.15) is 30.7 Å². The largest absolute Gasteiger partial charge is 0.306 e. The molecule has 0 aliphatic heterocycles. The minimum atomic E-state index is -0.152. The second-order valence-electron chi connectivity index (χ2n) is 7.06. The first-order valence-corrected chi connectivity index (χ1v) is 7.99. The van der Waals surface area contributed by atoms with Crippen LogP contribution in [0.25, 0.3) is 10.8 Å². The highest BCUT2D eigenvalue weighted by Crippen LogP contribution is 2.54. The first-order chi connectivity index (χ1) is 10.1. The summed E-state index contributed by atoms with van der Waals surface area (Å²) in [6.07, 6.45) is 4.15. The van der Waals surface area contributed by atoms with Crippen LogP contribution in [0.15, 0.2) is 36.4 Å². The van der Waals surface area contributed by atoms with Gasteiger partial charge in [-0.05, 0) is 73.7 Å². The van der Waals surface area contributed by atoms with Gasteiger partial charge >= 0.3 is 0 Å². The maximum Gasteiger partial charge on any atom is 0.123 e. The molecule has 2 aliphatic rings. The van der Waals surface area contributed by atoms with E-state index in [1.807, 2.05) is 6.07 Å². The summed E-state index contributed by atoms with van der Waals surface area (Å²) in [5, 5.41) is 2.16. The monoisotopic (exact) mass is 283 g/mol. The Morgan fingerprint density at radius 3 is 2.48 bits per heavy atom. The van der Waals surface area contributed by atoms with Crippen molar-refractivity contribution < 1.29 is 4.39 Å². The summed E-state index contributed by atoms with van der Waals surface area (Å²) in [5.41, 5.74) is 1.44. The molecular formula is C19H22FN. The quantitative estimate of drug-likeness (QED) is 0.788. The van der Waals surface area contributed by atoms with E-state index in [1.165, 1.54) is 24.8 Å². The molecule has 2 heteroatoms. The molecule has 4 unspecified atom stereocenters. The van der Waals surface area contributed by atoms with Crippen molar-refractivity contribution in [3.63, 3.8) is 0 Å². The summed E-state index contributed by atoms with van der Waals surface area (Å²) in [6.45, 7) is 0. The lowest BCUT2D eigenvalue weighted by atomic mass is 9.79. The second-order valence-corrected chi connectivity index (χ2v) is 7.06. The van der Waals surface area contributed by atoms with Crippen molar-refractivity contribution in [2.24, 2.45) is 11.8 Å². The van der Waals surface area contributed by atoms with Crippen molar-refractivity contribution in [2.45, 2.75) is 31.2 Å². The Morgan fingerprint density at radius 1 is 0.952 bits per heavy atom. The van der Waals surface area contributed by atoms with E-state index in [1.54, 1.807) is 12.1 Å². The van der Waals surface area contributed by atoms with Crippen molar-refractivity contribution in [3.05, 3.63) is 47.8 Å². The van der Waals surface area contributed by atoms with Gasteiger partial charge in [0.25, 0.3) is 0 Å². The van der Waals surface area contributed by atoms with Crippen LogP contribution in [-0.4, -0.2) is 25.0 Å². The Kier molecular flexibility index (Phi) is 3.04. The number of nitrogens with zero attached hydrogens (tertiary/aromatic N) is 1. The van der Waals surface area contributed by atoms with Gasteiger partial charge in [0.1, 0.15) is 5.82 Å². The highest BCUT2D eigenvalue weighted by molar-refractivity contribution is 5.83. The summed E-state index contributed by atoms with van der Waals surface area (Å²) < 4.78 is 13.3. The van der Waals surface area contributed by atoms with E-state index in [-0.39, 0.29) is 5.82 Å². The number of hydrogen-bond acceptors (Lipinski definition) is 1. The molecule has 0 saturated heterocycles. The van der Waals surface area contributed by atoms with Crippen molar-refractivity contribution >= 4 is 10.8 Å². The molecule has 2 aliphatic carbocycles. The second kappa shape index (κ2) is 4.81. The maximum atomic E-state index is 13.3. The third kappa shape index (κ3) is 2.08. The highest BCUT2D eigenvalue weighted by atomic mass is 19.1. The molecule has 2 bridgehead atoms. The molecule has 110 valence electrons. The van der Waals surface area contributed by atoms with Gasteiger partial charge in [-0.3, -0.25) is 0 Å². The predicted molar refractivity (Wildman–Crippen MR) is 85.0 cm³/mol. The van der Waals surface area contributed by atoms with Gasteiger partial charge in [-0.15, -0.1) is 0 Å². The smallest absolute Gasteiger partial charge is 0.123 e. The molecule has 1 nitrogen and oxygen atoms in total. The Hall–Kier alpha value is -1.41. The number of hydrogen-bond donors (Lipinski definition) is 0. The molecule has 2 fully saturated rings. The molecule has 0 N–H and O–H groups in total. The van der Waals surface area contributed by atoms with E-state index < -0.39 is 0 Å². The summed E-state index contributed by atoms with van der Waals surface area (Å²) in [4.78, 5) is 2.42. The zero-order chi connectivity index (χ0) is 14.6. The molecule has 0 spiro atoms. The normalized spacial score (nSPS) is 31.4. The molecule has 4 atom stereocenters. The zero-order valence-corrected chi connectivity index (χ0v) is 12.7. The summed E-state index contributed by atoms with van der Waals surface area (Å²) in [7, 11) is 4.43. The summed E-state index contributed by atoms with van der Waals surface area (Å²) >= 11 is 0. The van der Waals surface area contributed by atoms with Gasteiger partial charge < -0.3 is 4.90 Å². The van der Waals surface area contributed by atoms with Crippen molar-refractivity contribution in [1.82, 2.24) is 4.90 Å². The number of halogens is 1. The summed E-state index contributed by atoms with van der Waals surface area (Å²) in [6, 6.07) is 12.4. The van der Waals surface area contributed by atoms with Crippen LogP contribution in [-0.2, 0) is 0 Å². The number of benzene rings is 2. The van der Waals surface area contributed by atoms with Crippen LogP contribution in [0.5, 0.6) is 0 Å². The molecule has 0 aromatic heterocycles. The van der Waals surface area contributed by atoms with Gasteiger partial charge in [-0.25, -0.2) is 4.39 Å². The minimum Gasteiger partial charge on any atom is -0.306 e. The first kappa shape index (κ1) is 13.3. The predicted octanol–water partition coefficient (Wildman–Crippen LogP) is 4.42. The molecule has 21 heavy (non-hydrogen) atoms. The van der Waals surface area contributed by atoms with E-state index in [0.29, 0.717) is 12.0 Å². The zero-order valence-electron chi connectivity index (χ0n) is 12.7. The summed E-state index contributed by atoms with van der Waals surface area (Å²) in [5.74, 6) is 2.19. The number of rotatable bonds is 2. The van der Waals surface area contributed by atoms with Crippen LogP contribution in [0.4, 0.5) is 4.39 Å². The number of fused-ring (bicyclic) bond motifs is 3. The molecule has 2 saturated carbocycles.